The van der Waals surface area contributed by atoms with Gasteiger partial charge in [0.2, 0.25) is 5.91 Å². The van der Waals surface area contributed by atoms with Crippen molar-refractivity contribution in [2.45, 2.75) is 32.8 Å². The Labute approximate surface area is 148 Å². The number of carboxylic acid groups (broad SMARTS) is 1. The van der Waals surface area contributed by atoms with Crippen LogP contribution >= 0.6 is 0 Å². The third-order valence-electron chi connectivity index (χ3n) is 5.02. The fourth-order valence-corrected chi connectivity index (χ4v) is 3.50. The Morgan fingerprint density at radius 2 is 1.96 bits per heavy atom. The number of aliphatic hydroxyl groups excluding tert-OH is 1. The van der Waals surface area contributed by atoms with Crippen LogP contribution in [0.1, 0.15) is 25.8 Å². The monoisotopic (exact) mass is 349 g/mol. The third-order valence-corrected chi connectivity index (χ3v) is 5.02. The van der Waals surface area contributed by atoms with Crippen LogP contribution in [-0.4, -0.2) is 59.9 Å². The molecule has 0 saturated carbocycles. The van der Waals surface area contributed by atoms with E-state index in [0.717, 1.165) is 5.56 Å². The summed E-state index contributed by atoms with van der Waals surface area (Å²) in [5.41, 5.74) is -1.12. The Morgan fingerprint density at radius 1 is 1.32 bits per heavy atom. The summed E-state index contributed by atoms with van der Waals surface area (Å²) in [7, 11) is 1.54. The van der Waals surface area contributed by atoms with E-state index in [2.05, 4.69) is 0 Å². The number of methoxy groups -OCH3 is 1. The minimum Gasteiger partial charge on any atom is -0.481 e. The van der Waals surface area contributed by atoms with Gasteiger partial charge in [-0.2, -0.15) is 0 Å². The number of piperidine rings is 1. The molecule has 6 heteroatoms. The molecule has 1 amide bonds. The zero-order valence-corrected chi connectivity index (χ0v) is 15.1. The molecule has 0 aliphatic carbocycles. The van der Waals surface area contributed by atoms with Crippen molar-refractivity contribution in [1.82, 2.24) is 4.90 Å². The molecule has 138 valence electrons. The molecule has 2 N–H and O–H groups in total. The number of ether oxygens (including phenoxy) is 1. The maximum absolute atomic E-state index is 12.7. The highest BCUT2D eigenvalue weighted by Gasteiger charge is 2.50. The molecule has 0 aromatic heterocycles. The van der Waals surface area contributed by atoms with Gasteiger partial charge >= 0.3 is 5.97 Å². The van der Waals surface area contributed by atoms with Crippen molar-refractivity contribution in [3.63, 3.8) is 0 Å². The van der Waals surface area contributed by atoms with Gasteiger partial charge in [-0.1, -0.05) is 30.3 Å². The summed E-state index contributed by atoms with van der Waals surface area (Å²) in [6.45, 7) is 4.17. The summed E-state index contributed by atoms with van der Waals surface area (Å²) < 4.78 is 5.10. The normalized spacial score (nSPS) is 24.2. The number of likely N-dealkylation sites (tertiary alicyclic amines) is 1. The lowest BCUT2D eigenvalue weighted by Gasteiger charge is -2.44. The first-order valence-electron chi connectivity index (χ1n) is 8.46. The van der Waals surface area contributed by atoms with E-state index in [1.807, 2.05) is 30.3 Å². The molecule has 1 unspecified atom stereocenters. The first kappa shape index (κ1) is 19.4. The Morgan fingerprint density at radius 3 is 2.48 bits per heavy atom. The first-order valence-corrected chi connectivity index (χ1v) is 8.46. The van der Waals surface area contributed by atoms with E-state index in [1.54, 1.807) is 18.7 Å². The number of benzene rings is 1. The lowest BCUT2D eigenvalue weighted by molar-refractivity contribution is -0.168. The fraction of sp³-hybridized carbons (Fsp3) is 0.579. The summed E-state index contributed by atoms with van der Waals surface area (Å²) in [6.07, 6.45) is -0.664. The van der Waals surface area contributed by atoms with Crippen molar-refractivity contribution in [3.8, 4) is 0 Å². The summed E-state index contributed by atoms with van der Waals surface area (Å²) >= 11 is 0. The third kappa shape index (κ3) is 4.02. The number of hydrogen-bond donors (Lipinski definition) is 2. The number of carboxylic acids is 1. The molecule has 1 aliphatic rings. The Hall–Kier alpha value is -1.92. The van der Waals surface area contributed by atoms with Crippen molar-refractivity contribution in [1.29, 1.82) is 0 Å². The second kappa shape index (κ2) is 7.54. The minimum atomic E-state index is -1.27. The van der Waals surface area contributed by atoms with Gasteiger partial charge in [0.05, 0.1) is 18.1 Å². The summed E-state index contributed by atoms with van der Waals surface area (Å²) in [4.78, 5) is 26.2. The van der Waals surface area contributed by atoms with Gasteiger partial charge in [-0.15, -0.1) is 0 Å². The molecule has 1 fully saturated rings. The van der Waals surface area contributed by atoms with Gasteiger partial charge < -0.3 is 19.8 Å². The molecule has 0 spiro atoms. The molecule has 1 saturated heterocycles. The van der Waals surface area contributed by atoms with E-state index >= 15 is 0 Å². The number of aliphatic carboxylic acids is 1. The number of hydrogen-bond acceptors (Lipinski definition) is 4. The average molecular weight is 349 g/mol. The Balaban J connectivity index is 2.17. The maximum atomic E-state index is 12.7. The topological polar surface area (TPSA) is 87.1 Å². The molecule has 1 aromatic rings. The standard InChI is InChI=1S/C19H27NO5/c1-18(2,13-25-3)16(22)20-10-9-19(17(23)24,15(21)12-20)11-14-7-5-4-6-8-14/h4-8,15,21H,9-13H2,1-3H3,(H,23,24)/t15?,19-/m1/s1. The first-order chi connectivity index (χ1) is 11.7. The number of rotatable bonds is 6. The van der Waals surface area contributed by atoms with Gasteiger partial charge in [-0.3, -0.25) is 9.59 Å². The smallest absolute Gasteiger partial charge is 0.312 e. The molecule has 1 aromatic carbocycles. The second-order valence-electron chi connectivity index (χ2n) is 7.46. The van der Waals surface area contributed by atoms with Crippen molar-refractivity contribution >= 4 is 11.9 Å². The van der Waals surface area contributed by atoms with Crippen LogP contribution in [0.25, 0.3) is 0 Å². The van der Waals surface area contributed by atoms with Gasteiger partial charge in [-0.05, 0) is 32.3 Å². The molecule has 0 bridgehead atoms. The van der Waals surface area contributed by atoms with E-state index in [-0.39, 0.29) is 31.9 Å². The van der Waals surface area contributed by atoms with Crippen LogP contribution in [-0.2, 0) is 20.7 Å². The zero-order valence-electron chi connectivity index (χ0n) is 15.1. The van der Waals surface area contributed by atoms with Crippen LogP contribution in [0, 0.1) is 10.8 Å². The molecule has 25 heavy (non-hydrogen) atoms. The maximum Gasteiger partial charge on any atom is 0.312 e. The highest BCUT2D eigenvalue weighted by Crippen LogP contribution is 2.37. The quantitative estimate of drug-likeness (QED) is 0.814. The van der Waals surface area contributed by atoms with Crippen molar-refractivity contribution in [2.75, 3.05) is 26.8 Å². The van der Waals surface area contributed by atoms with Gasteiger partial charge in [0.15, 0.2) is 0 Å². The van der Waals surface area contributed by atoms with Crippen LogP contribution in [0.2, 0.25) is 0 Å². The molecule has 0 radical (unpaired) electrons. The van der Waals surface area contributed by atoms with Crippen LogP contribution < -0.4 is 0 Å². The fourth-order valence-electron chi connectivity index (χ4n) is 3.50. The molecular weight excluding hydrogens is 322 g/mol. The SMILES string of the molecule is COCC(C)(C)C(=O)N1CC[C@](Cc2ccccc2)(C(=O)O)C(O)C1. The van der Waals surface area contributed by atoms with Crippen molar-refractivity contribution in [3.05, 3.63) is 35.9 Å². The van der Waals surface area contributed by atoms with Gasteiger partial charge in [0.1, 0.15) is 5.41 Å². The number of aliphatic hydroxyl groups is 1. The van der Waals surface area contributed by atoms with E-state index in [1.165, 1.54) is 7.11 Å². The second-order valence-corrected chi connectivity index (χ2v) is 7.46. The molecule has 2 rings (SSSR count). The zero-order chi connectivity index (χ0) is 18.7. The molecule has 6 nitrogen and oxygen atoms in total. The van der Waals surface area contributed by atoms with Crippen molar-refractivity contribution in [2.24, 2.45) is 10.8 Å². The number of carbonyl (C=O) groups excluding carboxylic acids is 1. The van der Waals surface area contributed by atoms with E-state index in [4.69, 9.17) is 4.74 Å². The van der Waals surface area contributed by atoms with Crippen molar-refractivity contribution < 1.29 is 24.5 Å². The van der Waals surface area contributed by atoms with E-state index in [9.17, 15) is 19.8 Å². The largest absolute Gasteiger partial charge is 0.481 e. The van der Waals surface area contributed by atoms with Crippen LogP contribution in [0.3, 0.4) is 0 Å². The summed E-state index contributed by atoms with van der Waals surface area (Å²) in [6, 6.07) is 9.28. The van der Waals surface area contributed by atoms with E-state index < -0.39 is 22.9 Å². The number of amides is 1. The summed E-state index contributed by atoms with van der Waals surface area (Å²) in [5, 5.41) is 20.5. The molecular formula is C19H27NO5. The summed E-state index contributed by atoms with van der Waals surface area (Å²) in [5.74, 6) is -1.15. The van der Waals surface area contributed by atoms with Gasteiger partial charge in [0.25, 0.3) is 0 Å². The van der Waals surface area contributed by atoms with Crippen LogP contribution in [0.15, 0.2) is 30.3 Å². The highest BCUT2D eigenvalue weighted by atomic mass is 16.5. The Kier molecular flexibility index (Phi) is 5.85. The van der Waals surface area contributed by atoms with Crippen LogP contribution in [0.4, 0.5) is 0 Å². The predicted molar refractivity (Wildman–Crippen MR) is 93.1 cm³/mol. The van der Waals surface area contributed by atoms with Crippen LogP contribution in [0.5, 0.6) is 0 Å². The number of carbonyl (C=O) groups is 2. The number of nitrogens with zero attached hydrogens (tertiary/aromatic N) is 1. The lowest BCUT2D eigenvalue weighted by Crippen LogP contribution is -2.59. The van der Waals surface area contributed by atoms with E-state index in [0.29, 0.717) is 6.54 Å². The van der Waals surface area contributed by atoms with Gasteiger partial charge in [-0.25, -0.2) is 0 Å². The van der Waals surface area contributed by atoms with Gasteiger partial charge in [0, 0.05) is 20.2 Å². The Bertz CT molecular complexity index is 616. The molecule has 1 heterocycles. The average Bonchev–Trinajstić information content (AvgIpc) is 2.56. The lowest BCUT2D eigenvalue weighted by atomic mass is 9.71. The highest BCUT2D eigenvalue weighted by molar-refractivity contribution is 5.83. The molecule has 2 atom stereocenters. The number of β-amino-alcohol motifs (C(OH)–C–C–N with tert-alkyl or cyclic N) is 1. The minimum absolute atomic E-state index is 0.0190. The molecule has 1 aliphatic heterocycles. The predicted octanol–water partition coefficient (Wildman–Crippen LogP) is 1.57.